The second kappa shape index (κ2) is 5.77. The number of carbonyl (C=O) groups excluding carboxylic acids is 1. The first kappa shape index (κ1) is 14.4. The molecule has 1 unspecified atom stereocenters. The fraction of sp³-hybridized carbons (Fsp3) is 0.417. The molecule has 2 N–H and O–H groups in total. The van der Waals surface area contributed by atoms with Crippen LogP contribution < -0.4 is 10.5 Å². The maximum Gasteiger partial charge on any atom is 0.323 e. The van der Waals surface area contributed by atoms with Gasteiger partial charge in [-0.2, -0.15) is 0 Å². The van der Waals surface area contributed by atoms with Crippen molar-refractivity contribution in [1.29, 1.82) is 0 Å². The monoisotopic (exact) mass is 259 g/mol. The number of ether oxygens (including phenoxy) is 2. The number of carbonyl (C=O) groups is 1. The predicted octanol–water partition coefficient (Wildman–Crippen LogP) is 1.33. The first-order chi connectivity index (χ1) is 8.54. The van der Waals surface area contributed by atoms with E-state index in [-0.39, 0.29) is 11.3 Å². The number of para-hydroxylation sites is 1. The van der Waals surface area contributed by atoms with E-state index in [4.69, 9.17) is 10.5 Å². The molecule has 0 radical (unpaired) electrons. The van der Waals surface area contributed by atoms with Crippen molar-refractivity contribution in [1.82, 2.24) is 0 Å². The molecule has 0 amide bonds. The van der Waals surface area contributed by atoms with Crippen LogP contribution in [0, 0.1) is 0 Å². The summed E-state index contributed by atoms with van der Waals surface area (Å²) in [5.41, 5.74) is 3.22. The molecule has 0 saturated carbocycles. The molecule has 18 heavy (non-hydrogen) atoms. The molecular weight excluding hydrogens is 244 g/mol. The Morgan fingerprint density at radius 2 is 2.00 bits per heavy atom. The third kappa shape index (κ3) is 2.15. The Labute approximate surface area is 104 Å². The summed E-state index contributed by atoms with van der Waals surface area (Å²) in [6, 6.07) is 6.03. The van der Waals surface area contributed by atoms with Crippen molar-refractivity contribution < 1.29 is 23.0 Å². The number of methoxy groups -OCH3 is 2. The molecule has 0 aliphatic carbocycles. The van der Waals surface area contributed by atoms with Crippen LogP contribution in [-0.4, -0.2) is 33.2 Å². The fourth-order valence-electron chi connectivity index (χ4n) is 1.79. The average molecular weight is 259 g/mol. The van der Waals surface area contributed by atoms with E-state index in [2.05, 4.69) is 4.74 Å². The summed E-state index contributed by atoms with van der Waals surface area (Å²) in [6.45, 7) is -0.572. The second-order valence-electron chi connectivity index (χ2n) is 3.67. The molecule has 1 aromatic carbocycles. The van der Waals surface area contributed by atoms with Crippen LogP contribution in [0.25, 0.3) is 0 Å². The van der Waals surface area contributed by atoms with Crippen molar-refractivity contribution in [3.05, 3.63) is 29.8 Å². The summed E-state index contributed by atoms with van der Waals surface area (Å²) in [7, 11) is 2.38. The molecule has 0 fully saturated rings. The van der Waals surface area contributed by atoms with Gasteiger partial charge in [0.15, 0.2) is 5.41 Å². The Morgan fingerprint density at radius 1 is 1.39 bits per heavy atom. The van der Waals surface area contributed by atoms with E-state index in [1.54, 1.807) is 6.07 Å². The highest BCUT2D eigenvalue weighted by Crippen LogP contribution is 2.37. The minimum absolute atomic E-state index is 0.0249. The van der Waals surface area contributed by atoms with Crippen LogP contribution in [0.4, 0.5) is 8.78 Å². The van der Waals surface area contributed by atoms with Crippen LogP contribution in [0.5, 0.6) is 5.75 Å². The van der Waals surface area contributed by atoms with Crippen molar-refractivity contribution in [2.24, 2.45) is 5.73 Å². The SMILES string of the molecule is COC(=O)C(CN)(c1ccccc1OC)C(F)F. The lowest BCUT2D eigenvalue weighted by Crippen LogP contribution is -2.49. The highest BCUT2D eigenvalue weighted by atomic mass is 19.3. The fourth-order valence-corrected chi connectivity index (χ4v) is 1.79. The van der Waals surface area contributed by atoms with Crippen LogP contribution >= 0.6 is 0 Å². The number of alkyl halides is 2. The molecule has 1 atom stereocenters. The number of rotatable bonds is 5. The lowest BCUT2D eigenvalue weighted by Gasteiger charge is -2.30. The number of hydrogen-bond acceptors (Lipinski definition) is 4. The quantitative estimate of drug-likeness (QED) is 0.810. The first-order valence-electron chi connectivity index (χ1n) is 5.24. The van der Waals surface area contributed by atoms with Gasteiger partial charge >= 0.3 is 5.97 Å². The Hall–Kier alpha value is -1.69. The van der Waals surface area contributed by atoms with Crippen molar-refractivity contribution in [3.63, 3.8) is 0 Å². The lowest BCUT2D eigenvalue weighted by atomic mass is 9.80. The molecule has 1 rings (SSSR count). The normalized spacial score (nSPS) is 14.1. The first-order valence-corrected chi connectivity index (χ1v) is 5.24. The summed E-state index contributed by atoms with van der Waals surface area (Å²) in [5, 5.41) is 0. The topological polar surface area (TPSA) is 61.5 Å². The van der Waals surface area contributed by atoms with Crippen molar-refractivity contribution in [3.8, 4) is 5.75 Å². The van der Waals surface area contributed by atoms with E-state index < -0.39 is 24.4 Å². The third-order valence-electron chi connectivity index (χ3n) is 2.83. The molecule has 100 valence electrons. The van der Waals surface area contributed by atoms with Gasteiger partial charge in [0.25, 0.3) is 6.43 Å². The average Bonchev–Trinajstić information content (AvgIpc) is 2.40. The smallest absolute Gasteiger partial charge is 0.323 e. The van der Waals surface area contributed by atoms with Gasteiger partial charge in [-0.05, 0) is 6.07 Å². The zero-order valence-corrected chi connectivity index (χ0v) is 10.2. The van der Waals surface area contributed by atoms with Crippen LogP contribution in [0.15, 0.2) is 24.3 Å². The maximum atomic E-state index is 13.4. The van der Waals surface area contributed by atoms with E-state index in [1.807, 2.05) is 0 Å². The maximum absolute atomic E-state index is 13.4. The van der Waals surface area contributed by atoms with E-state index in [1.165, 1.54) is 25.3 Å². The molecule has 0 aliphatic rings. The van der Waals surface area contributed by atoms with Gasteiger partial charge in [0.1, 0.15) is 5.75 Å². The van der Waals surface area contributed by atoms with Crippen LogP contribution in [0.1, 0.15) is 5.56 Å². The minimum atomic E-state index is -2.99. The molecule has 0 heterocycles. The van der Waals surface area contributed by atoms with Crippen LogP contribution in [0.3, 0.4) is 0 Å². The van der Waals surface area contributed by atoms with Crippen LogP contribution in [0.2, 0.25) is 0 Å². The van der Waals surface area contributed by atoms with E-state index in [9.17, 15) is 13.6 Å². The summed E-state index contributed by atoms with van der Waals surface area (Å²) in [4.78, 5) is 11.7. The van der Waals surface area contributed by atoms with Gasteiger partial charge in [-0.3, -0.25) is 4.79 Å². The van der Waals surface area contributed by atoms with Gasteiger partial charge in [-0.15, -0.1) is 0 Å². The number of halogens is 2. The van der Waals surface area contributed by atoms with Crippen molar-refractivity contribution >= 4 is 5.97 Å². The highest BCUT2D eigenvalue weighted by Gasteiger charge is 2.50. The Kier molecular flexibility index (Phi) is 4.61. The second-order valence-corrected chi connectivity index (χ2v) is 3.67. The molecule has 0 aromatic heterocycles. The predicted molar refractivity (Wildman–Crippen MR) is 61.7 cm³/mol. The summed E-state index contributed by atoms with van der Waals surface area (Å²) in [6.07, 6.45) is -2.99. The lowest BCUT2D eigenvalue weighted by molar-refractivity contribution is -0.153. The van der Waals surface area contributed by atoms with Gasteiger partial charge in [0.2, 0.25) is 0 Å². The molecule has 6 heteroatoms. The molecule has 4 nitrogen and oxygen atoms in total. The molecule has 0 aliphatic heterocycles. The zero-order valence-electron chi connectivity index (χ0n) is 10.2. The molecule has 0 bridgehead atoms. The van der Waals surface area contributed by atoms with Gasteiger partial charge < -0.3 is 15.2 Å². The van der Waals surface area contributed by atoms with Gasteiger partial charge in [-0.25, -0.2) is 8.78 Å². The minimum Gasteiger partial charge on any atom is -0.496 e. The Bertz CT molecular complexity index is 426. The number of nitrogens with two attached hydrogens (primary N) is 1. The number of esters is 1. The van der Waals surface area contributed by atoms with Crippen LogP contribution in [-0.2, 0) is 14.9 Å². The third-order valence-corrected chi connectivity index (χ3v) is 2.83. The molecular formula is C12H15F2NO3. The Morgan fingerprint density at radius 3 is 2.44 bits per heavy atom. The summed E-state index contributed by atoms with van der Waals surface area (Å²) in [5.74, 6) is -0.904. The Balaban J connectivity index is 3.47. The van der Waals surface area contributed by atoms with E-state index in [0.717, 1.165) is 7.11 Å². The molecule has 0 saturated heterocycles. The molecule has 0 spiro atoms. The van der Waals surface area contributed by atoms with E-state index in [0.29, 0.717) is 0 Å². The number of hydrogen-bond donors (Lipinski definition) is 1. The summed E-state index contributed by atoms with van der Waals surface area (Å²) < 4.78 is 36.2. The highest BCUT2D eigenvalue weighted by molar-refractivity contribution is 5.85. The van der Waals surface area contributed by atoms with Gasteiger partial charge in [-0.1, -0.05) is 18.2 Å². The largest absolute Gasteiger partial charge is 0.496 e. The van der Waals surface area contributed by atoms with Crippen molar-refractivity contribution in [2.45, 2.75) is 11.8 Å². The summed E-state index contributed by atoms with van der Waals surface area (Å²) >= 11 is 0. The standard InChI is InChI=1S/C12H15F2NO3/c1-17-9-6-4-3-5-8(9)12(7-15,10(13)14)11(16)18-2/h3-6,10H,7,15H2,1-2H3. The van der Waals surface area contributed by atoms with E-state index >= 15 is 0 Å². The molecule has 1 aromatic rings. The van der Waals surface area contributed by atoms with Gasteiger partial charge in [0, 0.05) is 12.1 Å². The zero-order chi connectivity index (χ0) is 13.8. The van der Waals surface area contributed by atoms with Gasteiger partial charge in [0.05, 0.1) is 14.2 Å². The number of benzene rings is 1. The van der Waals surface area contributed by atoms with Crippen molar-refractivity contribution in [2.75, 3.05) is 20.8 Å².